The van der Waals surface area contributed by atoms with Gasteiger partial charge in [0, 0.05) is 0 Å². The first kappa shape index (κ1) is 22.8. The quantitative estimate of drug-likeness (QED) is 0.201. The molecule has 0 spiro atoms. The number of hydrogen-bond donors (Lipinski definition) is 0. The van der Waals surface area contributed by atoms with Crippen LogP contribution in [0.4, 0.5) is 43.9 Å². The maximum atomic E-state index is 14.5. The molecule has 0 saturated heterocycles. The molecule has 33 heavy (non-hydrogen) atoms. The van der Waals surface area contributed by atoms with Crippen molar-refractivity contribution < 1.29 is 43.9 Å². The number of benzene rings is 3. The van der Waals surface area contributed by atoms with Gasteiger partial charge in [-0.1, -0.05) is 0 Å². The van der Waals surface area contributed by atoms with Gasteiger partial charge in [0.15, 0.2) is 0 Å². The third kappa shape index (κ3) is 3.20. The van der Waals surface area contributed by atoms with Crippen LogP contribution >= 0.6 is 0 Å². The molecule has 0 radical (unpaired) electrons. The van der Waals surface area contributed by atoms with Crippen molar-refractivity contribution in [1.29, 1.82) is 0 Å². The molecule has 0 nitrogen and oxygen atoms in total. The maximum absolute atomic E-state index is 14.5. The summed E-state index contributed by atoms with van der Waals surface area (Å²) in [5.74, 6) is -22.2. The number of hydrogen-bond acceptors (Lipinski definition) is 0. The average Bonchev–Trinajstić information content (AvgIpc) is 3.08. The van der Waals surface area contributed by atoms with Gasteiger partial charge in [-0.25, -0.2) is 0 Å². The summed E-state index contributed by atoms with van der Waals surface area (Å²) >= 11 is 0. The van der Waals surface area contributed by atoms with Crippen LogP contribution in [0.5, 0.6) is 0 Å². The van der Waals surface area contributed by atoms with Gasteiger partial charge < -0.3 is 0 Å². The molecule has 3 aromatic carbocycles. The van der Waals surface area contributed by atoms with E-state index in [4.69, 9.17) is 0 Å². The molecule has 0 amide bonds. The van der Waals surface area contributed by atoms with Crippen molar-refractivity contribution in [3.8, 4) is 0 Å². The van der Waals surface area contributed by atoms with Crippen LogP contribution in [-0.4, -0.2) is 12.4 Å². The first-order chi connectivity index (χ1) is 15.5. The molecular weight excluding hydrogens is 465 g/mol. The Morgan fingerprint density at radius 1 is 0.515 bits per heavy atom. The van der Waals surface area contributed by atoms with Crippen LogP contribution in [0.2, 0.25) is 0 Å². The van der Waals surface area contributed by atoms with E-state index < -0.39 is 74.8 Å². The Balaban J connectivity index is 2.09. The van der Waals surface area contributed by atoms with Crippen LogP contribution in [0.1, 0.15) is 23.6 Å². The standard InChI is InChI=1S/C22H7BF10/c1-6-9(10-13(24)17(28)21(32)18(29)14(10)25)7-4-2-3-5-8(7)11(6)23-12-15(26)19(30)22(33)20(31)16(12)27/h2-5H,1H3. The van der Waals surface area contributed by atoms with Gasteiger partial charge in [0.25, 0.3) is 0 Å². The molecule has 4 rings (SSSR count). The van der Waals surface area contributed by atoms with E-state index in [1.54, 1.807) is 0 Å². The van der Waals surface area contributed by atoms with Crippen molar-refractivity contribution in [3.05, 3.63) is 105 Å². The fraction of sp³-hybridized carbons (Fsp3) is 0.0455. The van der Waals surface area contributed by atoms with E-state index in [1.165, 1.54) is 24.3 Å². The van der Waals surface area contributed by atoms with Crippen molar-refractivity contribution >= 4 is 23.4 Å². The molecule has 0 saturated carbocycles. The predicted molar refractivity (Wildman–Crippen MR) is 100 cm³/mol. The van der Waals surface area contributed by atoms with Gasteiger partial charge in [0.1, 0.15) is 0 Å². The van der Waals surface area contributed by atoms with Gasteiger partial charge in [-0.05, 0) is 0 Å². The molecule has 0 heterocycles. The van der Waals surface area contributed by atoms with Crippen LogP contribution in [0.3, 0.4) is 0 Å². The summed E-state index contributed by atoms with van der Waals surface area (Å²) in [6, 6.07) is 5.28. The zero-order valence-electron chi connectivity index (χ0n) is 16.2. The second-order valence-corrected chi connectivity index (χ2v) is 7.03. The van der Waals surface area contributed by atoms with Crippen LogP contribution in [0, 0.1) is 58.2 Å². The number of halogens is 10. The number of fused-ring (bicyclic) bond motifs is 1. The van der Waals surface area contributed by atoms with Crippen molar-refractivity contribution in [1.82, 2.24) is 0 Å². The minimum absolute atomic E-state index is 0.0119. The van der Waals surface area contributed by atoms with E-state index in [1.807, 2.05) is 0 Å². The molecule has 3 aromatic rings. The van der Waals surface area contributed by atoms with Gasteiger partial charge in [-0.3, -0.25) is 0 Å². The van der Waals surface area contributed by atoms with E-state index in [-0.39, 0.29) is 22.2 Å². The Hall–Kier alpha value is -3.37. The summed E-state index contributed by atoms with van der Waals surface area (Å²) < 4.78 is 139. The molecule has 0 N–H and O–H groups in total. The third-order valence-corrected chi connectivity index (χ3v) is 5.26. The molecule has 0 fully saturated rings. The van der Waals surface area contributed by atoms with E-state index in [0.29, 0.717) is 6.92 Å². The Labute approximate surface area is 179 Å². The Kier molecular flexibility index (Phi) is 5.46. The molecule has 0 atom stereocenters. The van der Waals surface area contributed by atoms with Gasteiger partial charge in [-0.2, -0.15) is 0 Å². The molecule has 0 unspecified atom stereocenters. The van der Waals surface area contributed by atoms with Crippen molar-refractivity contribution in [2.45, 2.75) is 6.92 Å². The van der Waals surface area contributed by atoms with Crippen molar-refractivity contribution in [2.75, 3.05) is 0 Å². The zero-order valence-corrected chi connectivity index (χ0v) is 16.2. The second kappa shape index (κ2) is 7.89. The number of allylic oxidation sites excluding steroid dienone is 1. The van der Waals surface area contributed by atoms with Gasteiger partial charge in [-0.15, -0.1) is 0 Å². The third-order valence-electron chi connectivity index (χ3n) is 5.26. The normalized spacial score (nSPS) is 14.2. The minimum atomic E-state index is -2.38. The van der Waals surface area contributed by atoms with Crippen molar-refractivity contribution in [2.24, 2.45) is 0 Å². The van der Waals surface area contributed by atoms with Crippen LogP contribution < -0.4 is 5.46 Å². The number of rotatable bonds is 2. The second-order valence-electron chi connectivity index (χ2n) is 7.03. The topological polar surface area (TPSA) is 0 Å². The molecule has 1 aliphatic carbocycles. The van der Waals surface area contributed by atoms with Gasteiger partial charge in [0.2, 0.25) is 0 Å². The molecule has 168 valence electrons. The van der Waals surface area contributed by atoms with Crippen LogP contribution in [0.15, 0.2) is 29.8 Å². The van der Waals surface area contributed by atoms with Gasteiger partial charge in [0.05, 0.1) is 0 Å². The summed E-state index contributed by atoms with van der Waals surface area (Å²) in [7, 11) is 0. The molecule has 11 heteroatoms. The average molecular weight is 472 g/mol. The van der Waals surface area contributed by atoms with Crippen molar-refractivity contribution in [3.63, 3.8) is 0 Å². The summed E-state index contributed by atoms with van der Waals surface area (Å²) in [5.41, 5.74) is -3.65. The monoisotopic (exact) mass is 472 g/mol. The zero-order chi connectivity index (χ0) is 24.4. The fourth-order valence-corrected chi connectivity index (χ4v) is 3.70. The Morgan fingerprint density at radius 2 is 0.909 bits per heavy atom. The predicted octanol–water partition coefficient (Wildman–Crippen LogP) is 5.46. The van der Waals surface area contributed by atoms with Crippen LogP contribution in [-0.2, 0) is 0 Å². The summed E-state index contributed by atoms with van der Waals surface area (Å²) in [6.07, 6.45) is 0. The first-order valence-corrected chi connectivity index (χ1v) is 9.04. The van der Waals surface area contributed by atoms with E-state index in [9.17, 15) is 43.9 Å². The summed E-state index contributed by atoms with van der Waals surface area (Å²) in [5, 5.41) is 0. The SMILES string of the molecule is CC1=C(c2c(F)c(F)c(F)c(F)c2F)c2ccccc2C1=Bc1c(F)c(F)c(F)c(F)c1F. The Bertz CT molecular complexity index is 1360. The molecule has 0 bridgehead atoms. The van der Waals surface area contributed by atoms with E-state index in [0.717, 1.165) is 6.92 Å². The van der Waals surface area contributed by atoms with Gasteiger partial charge >= 0.3 is 179 Å². The molecular formula is C22H7BF10. The van der Waals surface area contributed by atoms with E-state index >= 15 is 0 Å². The van der Waals surface area contributed by atoms with E-state index in [2.05, 4.69) is 0 Å². The Morgan fingerprint density at radius 3 is 1.39 bits per heavy atom. The summed E-state index contributed by atoms with van der Waals surface area (Å²) in [6.45, 7) is 1.70. The summed E-state index contributed by atoms with van der Waals surface area (Å²) in [4.78, 5) is 0. The van der Waals surface area contributed by atoms with Crippen LogP contribution in [0.25, 0.3) is 5.57 Å². The molecule has 0 aliphatic heterocycles. The molecule has 1 aliphatic rings. The fourth-order valence-electron chi connectivity index (χ4n) is 3.70. The molecule has 0 aromatic heterocycles. The first-order valence-electron chi connectivity index (χ1n) is 9.04.